The first-order valence-electron chi connectivity index (χ1n) is 8.26. The summed E-state index contributed by atoms with van der Waals surface area (Å²) in [6.07, 6.45) is 15.7. The first-order chi connectivity index (χ1) is 8.95. The van der Waals surface area contributed by atoms with Crippen LogP contribution in [0.3, 0.4) is 0 Å². The van der Waals surface area contributed by atoms with Crippen LogP contribution in [0.15, 0.2) is 12.7 Å². The average molecular weight is 268 g/mol. The molecule has 0 rings (SSSR count). The summed E-state index contributed by atoms with van der Waals surface area (Å²) >= 11 is 0. The van der Waals surface area contributed by atoms with E-state index in [4.69, 9.17) is 0 Å². The van der Waals surface area contributed by atoms with Crippen molar-refractivity contribution in [2.24, 2.45) is 5.41 Å². The summed E-state index contributed by atoms with van der Waals surface area (Å²) in [6, 6.07) is 0. The van der Waals surface area contributed by atoms with Gasteiger partial charge in [0.15, 0.2) is 0 Å². The van der Waals surface area contributed by atoms with Gasteiger partial charge in [-0.25, -0.2) is 0 Å². The monoisotopic (exact) mass is 268 g/mol. The van der Waals surface area contributed by atoms with Crippen LogP contribution in [0.1, 0.15) is 91.4 Å². The van der Waals surface area contributed by atoms with Crippen molar-refractivity contribution in [2.75, 3.05) is 0 Å². The minimum Gasteiger partial charge on any atom is -0.389 e. The lowest BCUT2D eigenvalue weighted by molar-refractivity contribution is 0.208. The SMILES string of the molecule is C=CC(O)CCCCCCCCCCCC(C)(C)C. The molecule has 0 bridgehead atoms. The van der Waals surface area contributed by atoms with Crippen molar-refractivity contribution in [3.63, 3.8) is 0 Å². The van der Waals surface area contributed by atoms with Crippen LogP contribution in [0.2, 0.25) is 0 Å². The predicted molar refractivity (Wildman–Crippen MR) is 86.4 cm³/mol. The maximum Gasteiger partial charge on any atom is 0.0718 e. The van der Waals surface area contributed by atoms with Crippen molar-refractivity contribution in [3.8, 4) is 0 Å². The Bertz CT molecular complexity index is 202. The van der Waals surface area contributed by atoms with Gasteiger partial charge in [0.25, 0.3) is 0 Å². The van der Waals surface area contributed by atoms with E-state index in [1.807, 2.05) is 0 Å². The summed E-state index contributed by atoms with van der Waals surface area (Å²) < 4.78 is 0. The van der Waals surface area contributed by atoms with Gasteiger partial charge in [0.1, 0.15) is 0 Å². The fraction of sp³-hybridized carbons (Fsp3) is 0.889. The first kappa shape index (κ1) is 18.7. The molecule has 0 heterocycles. The molecule has 0 spiro atoms. The van der Waals surface area contributed by atoms with E-state index in [0.29, 0.717) is 5.41 Å². The Hall–Kier alpha value is -0.300. The zero-order valence-corrected chi connectivity index (χ0v) is 13.6. The third kappa shape index (κ3) is 15.6. The van der Waals surface area contributed by atoms with Crippen molar-refractivity contribution in [1.29, 1.82) is 0 Å². The van der Waals surface area contributed by atoms with E-state index in [1.54, 1.807) is 6.08 Å². The van der Waals surface area contributed by atoms with E-state index in [9.17, 15) is 5.11 Å². The molecule has 1 unspecified atom stereocenters. The minimum absolute atomic E-state index is 0.289. The third-order valence-corrected chi connectivity index (χ3v) is 3.70. The lowest BCUT2D eigenvalue weighted by atomic mass is 9.89. The maximum atomic E-state index is 9.32. The van der Waals surface area contributed by atoms with Crippen LogP contribution in [0.25, 0.3) is 0 Å². The molecular weight excluding hydrogens is 232 g/mol. The van der Waals surface area contributed by atoms with Gasteiger partial charge < -0.3 is 5.11 Å². The fourth-order valence-corrected chi connectivity index (χ4v) is 2.36. The van der Waals surface area contributed by atoms with Crippen LogP contribution >= 0.6 is 0 Å². The Morgan fingerprint density at radius 3 is 1.68 bits per heavy atom. The molecule has 0 saturated carbocycles. The number of unbranched alkanes of at least 4 members (excludes halogenated alkanes) is 8. The maximum absolute atomic E-state index is 9.32. The van der Waals surface area contributed by atoms with Gasteiger partial charge in [-0.2, -0.15) is 0 Å². The molecule has 0 fully saturated rings. The third-order valence-electron chi connectivity index (χ3n) is 3.70. The second-order valence-electron chi connectivity index (χ2n) is 7.08. The summed E-state index contributed by atoms with van der Waals surface area (Å²) in [6.45, 7) is 10.6. The number of aliphatic hydroxyl groups is 1. The molecule has 0 saturated heterocycles. The van der Waals surface area contributed by atoms with Gasteiger partial charge in [0.05, 0.1) is 6.10 Å². The zero-order valence-electron chi connectivity index (χ0n) is 13.6. The number of hydrogen-bond donors (Lipinski definition) is 1. The van der Waals surface area contributed by atoms with Gasteiger partial charge >= 0.3 is 0 Å². The van der Waals surface area contributed by atoms with Crippen LogP contribution in [0.5, 0.6) is 0 Å². The average Bonchev–Trinajstić information content (AvgIpc) is 2.34. The lowest BCUT2D eigenvalue weighted by Crippen LogP contribution is -2.03. The van der Waals surface area contributed by atoms with Crippen LogP contribution < -0.4 is 0 Å². The van der Waals surface area contributed by atoms with E-state index >= 15 is 0 Å². The van der Waals surface area contributed by atoms with Crippen molar-refractivity contribution in [3.05, 3.63) is 12.7 Å². The van der Waals surface area contributed by atoms with Gasteiger partial charge in [-0.05, 0) is 18.3 Å². The molecule has 0 aromatic carbocycles. The Morgan fingerprint density at radius 2 is 1.26 bits per heavy atom. The van der Waals surface area contributed by atoms with E-state index in [-0.39, 0.29) is 6.10 Å². The summed E-state index contributed by atoms with van der Waals surface area (Å²) in [5, 5.41) is 9.32. The van der Waals surface area contributed by atoms with E-state index in [1.165, 1.54) is 57.8 Å². The Labute approximate surface area is 121 Å². The molecule has 0 aliphatic rings. The Kier molecular flexibility index (Phi) is 11.3. The zero-order chi connectivity index (χ0) is 14.6. The normalized spacial score (nSPS) is 13.5. The highest BCUT2D eigenvalue weighted by atomic mass is 16.3. The standard InChI is InChI=1S/C18H36O/c1-5-17(19)15-13-11-9-7-6-8-10-12-14-16-18(2,3)4/h5,17,19H,1,6-16H2,2-4H3. The van der Waals surface area contributed by atoms with Crippen LogP contribution in [0.4, 0.5) is 0 Å². The van der Waals surface area contributed by atoms with Crippen LogP contribution in [-0.4, -0.2) is 11.2 Å². The number of aliphatic hydroxyl groups excluding tert-OH is 1. The molecule has 0 aliphatic carbocycles. The molecule has 19 heavy (non-hydrogen) atoms. The molecule has 0 amide bonds. The second-order valence-corrected chi connectivity index (χ2v) is 7.08. The second kappa shape index (κ2) is 11.5. The molecule has 1 atom stereocenters. The molecule has 0 aromatic rings. The van der Waals surface area contributed by atoms with Crippen molar-refractivity contribution in [1.82, 2.24) is 0 Å². The van der Waals surface area contributed by atoms with Gasteiger partial charge in [-0.1, -0.05) is 84.6 Å². The van der Waals surface area contributed by atoms with E-state index in [0.717, 1.165) is 12.8 Å². The minimum atomic E-state index is -0.289. The Balaban J connectivity index is 3.09. The summed E-state index contributed by atoms with van der Waals surface area (Å²) in [5.74, 6) is 0. The summed E-state index contributed by atoms with van der Waals surface area (Å²) in [7, 11) is 0. The first-order valence-corrected chi connectivity index (χ1v) is 8.26. The molecular formula is C18H36O. The van der Waals surface area contributed by atoms with Gasteiger partial charge in [0.2, 0.25) is 0 Å². The van der Waals surface area contributed by atoms with Crippen molar-refractivity contribution < 1.29 is 5.11 Å². The van der Waals surface area contributed by atoms with Gasteiger partial charge in [-0.15, -0.1) is 6.58 Å². The molecule has 1 heteroatoms. The highest BCUT2D eigenvalue weighted by Gasteiger charge is 2.08. The highest BCUT2D eigenvalue weighted by molar-refractivity contribution is 4.77. The van der Waals surface area contributed by atoms with Gasteiger partial charge in [-0.3, -0.25) is 0 Å². The van der Waals surface area contributed by atoms with E-state index < -0.39 is 0 Å². The van der Waals surface area contributed by atoms with Gasteiger partial charge in [0, 0.05) is 0 Å². The van der Waals surface area contributed by atoms with Crippen molar-refractivity contribution >= 4 is 0 Å². The molecule has 1 N–H and O–H groups in total. The molecule has 0 aromatic heterocycles. The lowest BCUT2D eigenvalue weighted by Gasteiger charge is -2.17. The summed E-state index contributed by atoms with van der Waals surface area (Å²) in [5.41, 5.74) is 0.510. The Morgan fingerprint density at radius 1 is 0.842 bits per heavy atom. The topological polar surface area (TPSA) is 20.2 Å². The molecule has 0 radical (unpaired) electrons. The number of rotatable bonds is 12. The predicted octanol–water partition coefficient (Wildman–Crippen LogP) is 5.87. The highest BCUT2D eigenvalue weighted by Crippen LogP contribution is 2.22. The van der Waals surface area contributed by atoms with E-state index in [2.05, 4.69) is 27.4 Å². The quantitative estimate of drug-likeness (QED) is 0.346. The molecule has 1 nitrogen and oxygen atoms in total. The van der Waals surface area contributed by atoms with Crippen LogP contribution in [-0.2, 0) is 0 Å². The smallest absolute Gasteiger partial charge is 0.0718 e. The largest absolute Gasteiger partial charge is 0.389 e. The fourth-order valence-electron chi connectivity index (χ4n) is 2.36. The van der Waals surface area contributed by atoms with Crippen LogP contribution in [0, 0.1) is 5.41 Å². The van der Waals surface area contributed by atoms with Crippen molar-refractivity contribution in [2.45, 2.75) is 97.5 Å². The molecule has 114 valence electrons. The number of hydrogen-bond acceptors (Lipinski definition) is 1. The summed E-state index contributed by atoms with van der Waals surface area (Å²) in [4.78, 5) is 0. The molecule has 0 aliphatic heterocycles.